The van der Waals surface area contributed by atoms with E-state index in [0.717, 1.165) is 11.8 Å². The van der Waals surface area contributed by atoms with Gasteiger partial charge in [-0.3, -0.25) is 9.59 Å². The van der Waals surface area contributed by atoms with Crippen LogP contribution < -0.4 is 5.32 Å². The molecule has 2 amide bonds. The fraction of sp³-hybridized carbons (Fsp3) is 0.300. The van der Waals surface area contributed by atoms with Gasteiger partial charge in [0, 0.05) is 30.8 Å². The van der Waals surface area contributed by atoms with Crippen molar-refractivity contribution in [3.05, 3.63) is 59.1 Å². The van der Waals surface area contributed by atoms with Crippen LogP contribution >= 0.6 is 11.6 Å². The van der Waals surface area contributed by atoms with Crippen molar-refractivity contribution in [3.8, 4) is 0 Å². The van der Waals surface area contributed by atoms with Crippen molar-refractivity contribution in [3.63, 3.8) is 0 Å². The second-order valence-corrected chi connectivity index (χ2v) is 9.37. The van der Waals surface area contributed by atoms with E-state index in [9.17, 15) is 18.0 Å². The molecule has 1 aliphatic heterocycles. The van der Waals surface area contributed by atoms with E-state index in [0.29, 0.717) is 18.0 Å². The zero-order chi connectivity index (χ0) is 20.5. The van der Waals surface area contributed by atoms with Gasteiger partial charge in [0.2, 0.25) is 11.8 Å². The molecule has 0 unspecified atom stereocenters. The molecular formula is C20H21ClN2O4S. The summed E-state index contributed by atoms with van der Waals surface area (Å²) in [6.07, 6.45) is 1.68. The lowest BCUT2D eigenvalue weighted by Gasteiger charge is -2.35. The number of carbonyl (C=O) groups is 2. The first-order valence-corrected chi connectivity index (χ1v) is 11.1. The molecule has 0 bridgehead atoms. The average Bonchev–Trinajstić information content (AvgIpc) is 2.63. The molecule has 0 saturated carbocycles. The number of halogens is 1. The molecule has 28 heavy (non-hydrogen) atoms. The lowest BCUT2D eigenvalue weighted by molar-refractivity contribution is -0.143. The molecule has 0 aromatic heterocycles. The normalized spacial score (nSPS) is 20.1. The Labute approximate surface area is 169 Å². The van der Waals surface area contributed by atoms with Crippen LogP contribution in [0.2, 0.25) is 5.02 Å². The summed E-state index contributed by atoms with van der Waals surface area (Å²) >= 11 is 6.09. The van der Waals surface area contributed by atoms with E-state index < -0.39 is 21.7 Å². The number of carbonyl (C=O) groups excluding carboxylic acids is 2. The van der Waals surface area contributed by atoms with Crippen LogP contribution in [0.15, 0.2) is 53.4 Å². The lowest BCUT2D eigenvalue weighted by Crippen LogP contribution is -2.47. The Morgan fingerprint density at radius 3 is 2.57 bits per heavy atom. The predicted octanol–water partition coefficient (Wildman–Crippen LogP) is 2.94. The summed E-state index contributed by atoms with van der Waals surface area (Å²) in [5, 5.41) is 3.19. The van der Waals surface area contributed by atoms with Gasteiger partial charge in [-0.15, -0.1) is 0 Å². The third-order valence-electron chi connectivity index (χ3n) is 4.92. The quantitative estimate of drug-likeness (QED) is 0.771. The van der Waals surface area contributed by atoms with Gasteiger partial charge in [0.15, 0.2) is 9.84 Å². The van der Waals surface area contributed by atoms with Crippen molar-refractivity contribution < 1.29 is 18.0 Å². The highest BCUT2D eigenvalue weighted by Gasteiger charge is 2.41. The first-order valence-electron chi connectivity index (χ1n) is 8.79. The molecule has 1 N–H and O–H groups in total. The van der Waals surface area contributed by atoms with Crippen molar-refractivity contribution in [1.29, 1.82) is 0 Å². The van der Waals surface area contributed by atoms with Crippen LogP contribution in [0.4, 0.5) is 5.69 Å². The molecule has 0 aliphatic carbocycles. The molecule has 1 saturated heterocycles. The van der Waals surface area contributed by atoms with Gasteiger partial charge in [-0.1, -0.05) is 35.9 Å². The number of rotatable bonds is 4. The van der Waals surface area contributed by atoms with Gasteiger partial charge < -0.3 is 10.2 Å². The zero-order valence-corrected chi connectivity index (χ0v) is 17.1. The fourth-order valence-corrected chi connectivity index (χ4v) is 4.56. The summed E-state index contributed by atoms with van der Waals surface area (Å²) in [7, 11) is -1.88. The summed E-state index contributed by atoms with van der Waals surface area (Å²) < 4.78 is 24.0. The van der Waals surface area contributed by atoms with E-state index in [1.807, 2.05) is 6.07 Å². The van der Waals surface area contributed by atoms with Crippen molar-refractivity contribution >= 4 is 38.9 Å². The van der Waals surface area contributed by atoms with Gasteiger partial charge in [0.25, 0.3) is 0 Å². The number of nitrogens with zero attached hydrogens (tertiary/aromatic N) is 1. The van der Waals surface area contributed by atoms with Crippen LogP contribution in [0.5, 0.6) is 0 Å². The number of para-hydroxylation sites is 1. The summed E-state index contributed by atoms with van der Waals surface area (Å²) in [5.41, 5.74) is 0.978. The van der Waals surface area contributed by atoms with Gasteiger partial charge in [-0.2, -0.15) is 0 Å². The highest BCUT2D eigenvalue weighted by Crippen LogP contribution is 2.35. The Morgan fingerprint density at radius 2 is 1.89 bits per heavy atom. The van der Waals surface area contributed by atoms with Crippen LogP contribution in [-0.4, -0.2) is 45.0 Å². The van der Waals surface area contributed by atoms with Crippen LogP contribution in [0.25, 0.3) is 0 Å². The zero-order valence-electron chi connectivity index (χ0n) is 15.6. The molecule has 3 rings (SSSR count). The number of hydrogen-bond acceptors (Lipinski definition) is 4. The van der Waals surface area contributed by atoms with E-state index in [1.54, 1.807) is 37.4 Å². The Morgan fingerprint density at radius 1 is 1.18 bits per heavy atom. The summed E-state index contributed by atoms with van der Waals surface area (Å²) in [6.45, 7) is 0.527. The van der Waals surface area contributed by atoms with Crippen LogP contribution in [0.1, 0.15) is 17.9 Å². The Bertz CT molecular complexity index is 1020. The minimum Gasteiger partial charge on any atom is -0.345 e. The van der Waals surface area contributed by atoms with E-state index in [4.69, 9.17) is 11.6 Å². The number of hydrogen-bond donors (Lipinski definition) is 1. The van der Waals surface area contributed by atoms with E-state index in [-0.39, 0.29) is 22.4 Å². The van der Waals surface area contributed by atoms with Gasteiger partial charge >= 0.3 is 0 Å². The molecule has 1 aliphatic rings. The van der Waals surface area contributed by atoms with Gasteiger partial charge in [-0.05, 0) is 36.2 Å². The van der Waals surface area contributed by atoms with Gasteiger partial charge in [0.1, 0.15) is 5.92 Å². The summed E-state index contributed by atoms with van der Waals surface area (Å²) in [4.78, 5) is 27.4. The van der Waals surface area contributed by atoms with Crippen LogP contribution in [0.3, 0.4) is 0 Å². The fourth-order valence-electron chi connectivity index (χ4n) is 3.51. The number of amides is 2. The molecular weight excluding hydrogens is 400 g/mol. The lowest BCUT2D eigenvalue weighted by atomic mass is 9.79. The Kier molecular flexibility index (Phi) is 5.76. The molecule has 0 spiro atoms. The van der Waals surface area contributed by atoms with Crippen molar-refractivity contribution in [1.82, 2.24) is 4.90 Å². The van der Waals surface area contributed by atoms with Gasteiger partial charge in [-0.25, -0.2) is 8.42 Å². The standard InChI is InChI=1S/C20H21ClN2O4S/c1-23-11-10-15(13-6-5-7-14(21)12-13)18(20(23)25)19(24)22-16-8-3-4-9-17(16)28(2,26)27/h3-9,12,15,18H,10-11H2,1-2H3,(H,22,24)/t15-,18+/m1/s1. The van der Waals surface area contributed by atoms with Crippen LogP contribution in [-0.2, 0) is 19.4 Å². The second-order valence-electron chi connectivity index (χ2n) is 6.95. The maximum absolute atomic E-state index is 13.1. The number of piperidine rings is 1. The monoisotopic (exact) mass is 420 g/mol. The number of anilines is 1. The minimum atomic E-state index is -3.53. The maximum Gasteiger partial charge on any atom is 0.237 e. The van der Waals surface area contributed by atoms with E-state index in [1.165, 1.54) is 17.0 Å². The number of sulfone groups is 1. The molecule has 2 aromatic carbocycles. The molecule has 0 radical (unpaired) electrons. The predicted molar refractivity (Wildman–Crippen MR) is 108 cm³/mol. The molecule has 6 nitrogen and oxygen atoms in total. The molecule has 2 atom stereocenters. The minimum absolute atomic E-state index is 0.0132. The third-order valence-corrected chi connectivity index (χ3v) is 6.31. The highest BCUT2D eigenvalue weighted by molar-refractivity contribution is 7.90. The number of likely N-dealkylation sites (tertiary alicyclic amines) is 1. The smallest absolute Gasteiger partial charge is 0.237 e. The SMILES string of the molecule is CN1CC[C@H](c2cccc(Cl)c2)[C@@H](C(=O)Nc2ccccc2S(C)(=O)=O)C1=O. The largest absolute Gasteiger partial charge is 0.345 e. The number of nitrogens with one attached hydrogen (secondary N) is 1. The summed E-state index contributed by atoms with van der Waals surface area (Å²) in [5.74, 6) is -2.14. The van der Waals surface area contributed by atoms with Crippen molar-refractivity contribution in [2.75, 3.05) is 25.2 Å². The van der Waals surface area contributed by atoms with Crippen molar-refractivity contribution in [2.24, 2.45) is 5.92 Å². The first-order chi connectivity index (χ1) is 13.2. The topological polar surface area (TPSA) is 83.6 Å². The molecule has 1 heterocycles. The summed E-state index contributed by atoms with van der Waals surface area (Å²) in [6, 6.07) is 13.3. The molecule has 1 fully saturated rings. The Hall–Kier alpha value is -2.38. The van der Waals surface area contributed by atoms with Gasteiger partial charge in [0.05, 0.1) is 10.6 Å². The third kappa shape index (κ3) is 4.20. The molecule has 2 aromatic rings. The van der Waals surface area contributed by atoms with E-state index >= 15 is 0 Å². The van der Waals surface area contributed by atoms with E-state index in [2.05, 4.69) is 5.32 Å². The van der Waals surface area contributed by atoms with Crippen molar-refractivity contribution in [2.45, 2.75) is 17.2 Å². The first kappa shape index (κ1) is 20.4. The molecule has 8 heteroatoms. The number of benzene rings is 2. The van der Waals surface area contributed by atoms with Crippen LogP contribution in [0, 0.1) is 5.92 Å². The second kappa shape index (κ2) is 7.93. The average molecular weight is 421 g/mol. The molecule has 148 valence electrons. The highest BCUT2D eigenvalue weighted by atomic mass is 35.5. The Balaban J connectivity index is 1.96. The maximum atomic E-state index is 13.1.